The van der Waals surface area contributed by atoms with Crippen molar-refractivity contribution in [3.05, 3.63) is 65.7 Å². The van der Waals surface area contributed by atoms with Gasteiger partial charge in [-0.1, -0.05) is 42.5 Å². The normalized spacial score (nSPS) is 10.4. The van der Waals surface area contributed by atoms with Gasteiger partial charge in [0.15, 0.2) is 23.9 Å². The van der Waals surface area contributed by atoms with Crippen LogP contribution in [0.4, 0.5) is 0 Å². The van der Waals surface area contributed by atoms with E-state index in [9.17, 15) is 9.59 Å². The summed E-state index contributed by atoms with van der Waals surface area (Å²) in [4.78, 5) is 23.6. The Labute approximate surface area is 140 Å². The Morgan fingerprint density at radius 1 is 0.958 bits per heavy atom. The van der Waals surface area contributed by atoms with E-state index in [0.29, 0.717) is 22.6 Å². The van der Waals surface area contributed by atoms with E-state index in [0.717, 1.165) is 0 Å². The molecule has 0 heterocycles. The molecule has 2 aromatic rings. The number of esters is 1. The van der Waals surface area contributed by atoms with Crippen molar-refractivity contribution in [1.29, 1.82) is 0 Å². The Bertz CT molecular complexity index is 735. The molecule has 0 N–H and O–H groups in total. The average Bonchev–Trinajstić information content (AvgIpc) is 2.64. The number of Topliss-reactive ketones (excluding diaryl/α,β-unsaturated/α-hetero) is 1. The molecule has 2 aromatic carbocycles. The molecule has 124 valence electrons. The van der Waals surface area contributed by atoms with Crippen molar-refractivity contribution in [3.63, 3.8) is 0 Å². The van der Waals surface area contributed by atoms with Crippen LogP contribution in [0, 0.1) is 0 Å². The number of para-hydroxylation sites is 1. The Balaban J connectivity index is 1.97. The first-order valence-electron chi connectivity index (χ1n) is 7.29. The summed E-state index contributed by atoms with van der Waals surface area (Å²) in [5.74, 6) is 0.220. The quantitative estimate of drug-likeness (QED) is 0.444. The zero-order valence-corrected chi connectivity index (χ0v) is 13.5. The van der Waals surface area contributed by atoms with E-state index < -0.39 is 5.97 Å². The van der Waals surface area contributed by atoms with E-state index in [1.165, 1.54) is 20.3 Å². The van der Waals surface area contributed by atoms with Gasteiger partial charge in [-0.25, -0.2) is 4.79 Å². The number of ketones is 1. The minimum absolute atomic E-state index is 0.253. The molecule has 0 fully saturated rings. The second-order valence-electron chi connectivity index (χ2n) is 4.81. The van der Waals surface area contributed by atoms with Gasteiger partial charge >= 0.3 is 5.97 Å². The molecule has 0 saturated heterocycles. The maximum atomic E-state index is 11.9. The molecule has 5 nitrogen and oxygen atoms in total. The molecule has 0 saturated carbocycles. The van der Waals surface area contributed by atoms with Crippen molar-refractivity contribution in [1.82, 2.24) is 0 Å². The number of hydrogen-bond acceptors (Lipinski definition) is 5. The van der Waals surface area contributed by atoms with Crippen molar-refractivity contribution in [2.45, 2.75) is 0 Å². The lowest BCUT2D eigenvalue weighted by Gasteiger charge is -2.09. The van der Waals surface area contributed by atoms with Gasteiger partial charge in [-0.3, -0.25) is 4.79 Å². The molecule has 0 radical (unpaired) electrons. The van der Waals surface area contributed by atoms with Crippen LogP contribution in [0.25, 0.3) is 6.08 Å². The van der Waals surface area contributed by atoms with Gasteiger partial charge in [-0.2, -0.15) is 0 Å². The molecular formula is C19H18O5. The summed E-state index contributed by atoms with van der Waals surface area (Å²) in [5, 5.41) is 0. The third-order valence-corrected chi connectivity index (χ3v) is 3.27. The molecule has 0 aliphatic carbocycles. The van der Waals surface area contributed by atoms with Gasteiger partial charge in [0.1, 0.15) is 0 Å². The molecular weight excluding hydrogens is 308 g/mol. The van der Waals surface area contributed by atoms with Crippen LogP contribution >= 0.6 is 0 Å². The monoisotopic (exact) mass is 326 g/mol. The molecule has 5 heteroatoms. The van der Waals surface area contributed by atoms with Crippen LogP contribution in [0.1, 0.15) is 15.9 Å². The summed E-state index contributed by atoms with van der Waals surface area (Å²) in [6, 6.07) is 14.0. The second-order valence-corrected chi connectivity index (χ2v) is 4.81. The summed E-state index contributed by atoms with van der Waals surface area (Å²) in [6.07, 6.45) is 2.80. The van der Waals surface area contributed by atoms with Crippen LogP contribution in [0.5, 0.6) is 11.5 Å². The fourth-order valence-electron chi connectivity index (χ4n) is 2.09. The van der Waals surface area contributed by atoms with E-state index in [1.807, 2.05) is 6.07 Å². The molecule has 0 unspecified atom stereocenters. The number of hydrogen-bond donors (Lipinski definition) is 0. The lowest BCUT2D eigenvalue weighted by molar-refractivity contribution is -0.136. The number of methoxy groups -OCH3 is 2. The van der Waals surface area contributed by atoms with Crippen LogP contribution in [-0.2, 0) is 9.53 Å². The predicted octanol–water partition coefficient (Wildman–Crippen LogP) is 3.14. The van der Waals surface area contributed by atoms with Gasteiger partial charge in [0, 0.05) is 17.2 Å². The Kier molecular flexibility index (Phi) is 6.14. The highest BCUT2D eigenvalue weighted by Gasteiger charge is 2.09. The first-order valence-corrected chi connectivity index (χ1v) is 7.29. The van der Waals surface area contributed by atoms with E-state index >= 15 is 0 Å². The first kappa shape index (κ1) is 17.3. The average molecular weight is 326 g/mol. The second kappa shape index (κ2) is 8.53. The Morgan fingerprint density at radius 3 is 2.38 bits per heavy atom. The van der Waals surface area contributed by atoms with Crippen molar-refractivity contribution in [2.75, 3.05) is 20.8 Å². The smallest absolute Gasteiger partial charge is 0.331 e. The molecule has 0 atom stereocenters. The zero-order chi connectivity index (χ0) is 17.4. The topological polar surface area (TPSA) is 61.8 Å². The van der Waals surface area contributed by atoms with Crippen LogP contribution < -0.4 is 9.47 Å². The minimum atomic E-state index is -0.607. The van der Waals surface area contributed by atoms with Gasteiger partial charge < -0.3 is 14.2 Å². The SMILES string of the molecule is COc1cccc(/C=C/C(=O)OCC(=O)c2ccccc2)c1OC. The maximum absolute atomic E-state index is 11.9. The predicted molar refractivity (Wildman–Crippen MR) is 90.3 cm³/mol. The molecule has 24 heavy (non-hydrogen) atoms. The molecule has 0 aliphatic rings. The van der Waals surface area contributed by atoms with Crippen molar-refractivity contribution in [3.8, 4) is 11.5 Å². The van der Waals surface area contributed by atoms with E-state index in [2.05, 4.69) is 0 Å². The molecule has 0 aromatic heterocycles. The highest BCUT2D eigenvalue weighted by atomic mass is 16.5. The number of benzene rings is 2. The molecule has 0 spiro atoms. The van der Waals surface area contributed by atoms with Crippen molar-refractivity contribution in [2.24, 2.45) is 0 Å². The lowest BCUT2D eigenvalue weighted by Crippen LogP contribution is -2.12. The minimum Gasteiger partial charge on any atom is -0.493 e. The fourth-order valence-corrected chi connectivity index (χ4v) is 2.09. The number of rotatable bonds is 7. The van der Waals surface area contributed by atoms with Gasteiger partial charge in [0.25, 0.3) is 0 Å². The van der Waals surface area contributed by atoms with Crippen LogP contribution in [0.2, 0.25) is 0 Å². The first-order chi connectivity index (χ1) is 11.7. The molecule has 0 bridgehead atoms. The molecule has 2 rings (SSSR count). The summed E-state index contributed by atoms with van der Waals surface area (Å²) >= 11 is 0. The summed E-state index contributed by atoms with van der Waals surface area (Å²) in [7, 11) is 3.06. The van der Waals surface area contributed by atoms with E-state index in [-0.39, 0.29) is 12.4 Å². The highest BCUT2D eigenvalue weighted by molar-refractivity contribution is 5.98. The van der Waals surface area contributed by atoms with Crippen molar-refractivity contribution < 1.29 is 23.8 Å². The third-order valence-electron chi connectivity index (χ3n) is 3.27. The van der Waals surface area contributed by atoms with Gasteiger partial charge in [0.2, 0.25) is 0 Å². The van der Waals surface area contributed by atoms with Crippen LogP contribution in [0.3, 0.4) is 0 Å². The molecule has 0 aliphatic heterocycles. The highest BCUT2D eigenvalue weighted by Crippen LogP contribution is 2.31. The lowest BCUT2D eigenvalue weighted by atomic mass is 10.1. The van der Waals surface area contributed by atoms with E-state index in [1.54, 1.807) is 48.5 Å². The van der Waals surface area contributed by atoms with Gasteiger partial charge in [0.05, 0.1) is 14.2 Å². The fraction of sp³-hybridized carbons (Fsp3) is 0.158. The maximum Gasteiger partial charge on any atom is 0.331 e. The summed E-state index contributed by atoms with van der Waals surface area (Å²) in [6.45, 7) is -0.303. The Morgan fingerprint density at radius 2 is 1.71 bits per heavy atom. The standard InChI is InChI=1S/C19H18O5/c1-22-17-10-6-9-15(19(17)23-2)11-12-18(21)24-13-16(20)14-7-4-3-5-8-14/h3-12H,13H2,1-2H3/b12-11+. The van der Waals surface area contributed by atoms with Gasteiger partial charge in [-0.05, 0) is 12.1 Å². The van der Waals surface area contributed by atoms with Crippen LogP contribution in [0.15, 0.2) is 54.6 Å². The molecule has 0 amide bonds. The Hall–Kier alpha value is -3.08. The summed E-state index contributed by atoms with van der Waals surface area (Å²) < 4.78 is 15.4. The largest absolute Gasteiger partial charge is 0.493 e. The van der Waals surface area contributed by atoms with Gasteiger partial charge in [-0.15, -0.1) is 0 Å². The number of ether oxygens (including phenoxy) is 3. The number of carbonyl (C=O) groups is 2. The summed E-state index contributed by atoms with van der Waals surface area (Å²) in [5.41, 5.74) is 1.17. The van der Waals surface area contributed by atoms with E-state index in [4.69, 9.17) is 14.2 Å². The number of carbonyl (C=O) groups excluding carboxylic acids is 2. The van der Waals surface area contributed by atoms with Crippen LogP contribution in [-0.4, -0.2) is 32.6 Å². The third kappa shape index (κ3) is 4.46. The van der Waals surface area contributed by atoms with Crippen molar-refractivity contribution >= 4 is 17.8 Å². The zero-order valence-electron chi connectivity index (χ0n) is 13.5.